The molecule has 0 fully saturated rings. The molecule has 0 aliphatic carbocycles. The van der Waals surface area contributed by atoms with Crippen LogP contribution in [0.1, 0.15) is 5.56 Å². The first-order chi connectivity index (χ1) is 10.0. The maximum absolute atomic E-state index is 11.7. The lowest BCUT2D eigenvalue weighted by atomic mass is 10.2. The van der Waals surface area contributed by atoms with Gasteiger partial charge in [-0.3, -0.25) is 14.4 Å². The Morgan fingerprint density at radius 3 is 2.57 bits per heavy atom. The van der Waals surface area contributed by atoms with Crippen LogP contribution in [-0.4, -0.2) is 42.9 Å². The van der Waals surface area contributed by atoms with E-state index in [9.17, 15) is 14.4 Å². The number of methoxy groups -OCH3 is 1. The Morgan fingerprint density at radius 2 is 1.90 bits per heavy atom. The van der Waals surface area contributed by atoms with Crippen molar-refractivity contribution in [2.75, 3.05) is 30.5 Å². The van der Waals surface area contributed by atoms with Gasteiger partial charge in [-0.15, -0.1) is 11.8 Å². The molecule has 114 valence electrons. The molecule has 0 saturated carbocycles. The van der Waals surface area contributed by atoms with E-state index in [4.69, 9.17) is 0 Å². The number of rotatable bonds is 7. The van der Waals surface area contributed by atoms with Crippen LogP contribution < -0.4 is 10.6 Å². The normalized spacial score (nSPS) is 9.81. The Bertz CT molecular complexity index is 519. The fourth-order valence-corrected chi connectivity index (χ4v) is 2.10. The topological polar surface area (TPSA) is 84.5 Å². The van der Waals surface area contributed by atoms with Crippen molar-refractivity contribution < 1.29 is 19.1 Å². The minimum absolute atomic E-state index is 0.109. The van der Waals surface area contributed by atoms with Gasteiger partial charge in [0.05, 0.1) is 18.6 Å². The molecule has 0 aromatic heterocycles. The number of hydrogen-bond acceptors (Lipinski definition) is 5. The summed E-state index contributed by atoms with van der Waals surface area (Å²) in [6.45, 7) is 1.78. The van der Waals surface area contributed by atoms with Gasteiger partial charge in [0.2, 0.25) is 11.8 Å². The van der Waals surface area contributed by atoms with Crippen molar-refractivity contribution in [2.45, 2.75) is 6.92 Å². The highest BCUT2D eigenvalue weighted by atomic mass is 32.2. The van der Waals surface area contributed by atoms with Crippen molar-refractivity contribution in [3.8, 4) is 0 Å². The van der Waals surface area contributed by atoms with Gasteiger partial charge >= 0.3 is 5.97 Å². The minimum Gasteiger partial charge on any atom is -0.468 e. The lowest BCUT2D eigenvalue weighted by Gasteiger charge is -2.06. The Labute approximate surface area is 127 Å². The van der Waals surface area contributed by atoms with Gasteiger partial charge in [-0.25, -0.2) is 0 Å². The van der Waals surface area contributed by atoms with Gasteiger partial charge < -0.3 is 15.4 Å². The molecule has 7 heteroatoms. The van der Waals surface area contributed by atoms with Crippen molar-refractivity contribution in [3.05, 3.63) is 29.8 Å². The number of aryl methyl sites for hydroxylation is 1. The molecular weight excluding hydrogens is 292 g/mol. The first-order valence-corrected chi connectivity index (χ1v) is 7.44. The summed E-state index contributed by atoms with van der Waals surface area (Å²) in [4.78, 5) is 33.9. The quantitative estimate of drug-likeness (QED) is 0.733. The van der Waals surface area contributed by atoms with Gasteiger partial charge in [-0.1, -0.05) is 12.1 Å². The zero-order chi connectivity index (χ0) is 15.7. The monoisotopic (exact) mass is 310 g/mol. The smallest absolute Gasteiger partial charge is 0.325 e. The average Bonchev–Trinajstić information content (AvgIpc) is 2.44. The first-order valence-electron chi connectivity index (χ1n) is 6.29. The molecule has 0 saturated heterocycles. The molecule has 6 nitrogen and oxygen atoms in total. The molecule has 1 aromatic carbocycles. The molecule has 2 amide bonds. The molecule has 1 rings (SSSR count). The SMILES string of the molecule is COC(=O)CNC(=O)CSCC(=O)Nc1cccc(C)c1. The van der Waals surface area contributed by atoms with E-state index in [0.29, 0.717) is 0 Å². The Kier molecular flexibility index (Phi) is 7.31. The third-order valence-corrected chi connectivity index (χ3v) is 3.36. The van der Waals surface area contributed by atoms with Crippen LogP contribution >= 0.6 is 11.8 Å². The van der Waals surface area contributed by atoms with Gasteiger partial charge in [0.25, 0.3) is 0 Å². The zero-order valence-electron chi connectivity index (χ0n) is 12.0. The van der Waals surface area contributed by atoms with E-state index in [0.717, 1.165) is 11.3 Å². The number of amides is 2. The van der Waals surface area contributed by atoms with Gasteiger partial charge in [0.15, 0.2) is 0 Å². The second kappa shape index (κ2) is 9.02. The summed E-state index contributed by atoms with van der Waals surface area (Å²) < 4.78 is 4.39. The summed E-state index contributed by atoms with van der Waals surface area (Å²) in [7, 11) is 1.25. The molecule has 0 spiro atoms. The summed E-state index contributed by atoms with van der Waals surface area (Å²) >= 11 is 1.18. The molecule has 2 N–H and O–H groups in total. The molecule has 0 aliphatic rings. The molecule has 1 aromatic rings. The first kappa shape index (κ1) is 17.0. The van der Waals surface area contributed by atoms with E-state index in [1.54, 1.807) is 6.07 Å². The number of carbonyl (C=O) groups excluding carboxylic acids is 3. The highest BCUT2D eigenvalue weighted by Crippen LogP contribution is 2.10. The van der Waals surface area contributed by atoms with Crippen LogP contribution in [-0.2, 0) is 19.1 Å². The summed E-state index contributed by atoms with van der Waals surface area (Å²) in [6, 6.07) is 7.47. The van der Waals surface area contributed by atoms with E-state index in [1.165, 1.54) is 18.9 Å². The Balaban J connectivity index is 2.21. The Morgan fingerprint density at radius 1 is 1.19 bits per heavy atom. The number of benzene rings is 1. The maximum Gasteiger partial charge on any atom is 0.325 e. The summed E-state index contributed by atoms with van der Waals surface area (Å²) in [5, 5.41) is 5.15. The predicted octanol–water partition coefficient (Wildman–Crippen LogP) is 0.956. The van der Waals surface area contributed by atoms with Gasteiger partial charge in [-0.05, 0) is 24.6 Å². The number of ether oxygens (including phenoxy) is 1. The highest BCUT2D eigenvalue weighted by molar-refractivity contribution is 8.00. The molecule has 0 heterocycles. The van der Waals surface area contributed by atoms with Crippen LogP contribution in [0.3, 0.4) is 0 Å². The van der Waals surface area contributed by atoms with Gasteiger partial charge in [0, 0.05) is 5.69 Å². The summed E-state index contributed by atoms with van der Waals surface area (Å²) in [5.74, 6) is -0.719. The van der Waals surface area contributed by atoms with Crippen LogP contribution in [0.5, 0.6) is 0 Å². The van der Waals surface area contributed by atoms with E-state index < -0.39 is 5.97 Å². The third kappa shape index (κ3) is 7.36. The molecule has 0 aliphatic heterocycles. The lowest BCUT2D eigenvalue weighted by Crippen LogP contribution is -2.31. The number of esters is 1. The average molecular weight is 310 g/mol. The zero-order valence-corrected chi connectivity index (χ0v) is 12.8. The second-order valence-electron chi connectivity index (χ2n) is 4.26. The van der Waals surface area contributed by atoms with Crippen LogP contribution in [0.2, 0.25) is 0 Å². The fraction of sp³-hybridized carbons (Fsp3) is 0.357. The lowest BCUT2D eigenvalue weighted by molar-refractivity contribution is -0.140. The summed E-state index contributed by atoms with van der Waals surface area (Å²) in [6.07, 6.45) is 0. The highest BCUT2D eigenvalue weighted by Gasteiger charge is 2.07. The number of hydrogen-bond donors (Lipinski definition) is 2. The number of carbonyl (C=O) groups is 3. The van der Waals surface area contributed by atoms with E-state index in [1.807, 2.05) is 25.1 Å². The Hall–Kier alpha value is -2.02. The van der Waals surface area contributed by atoms with Crippen molar-refractivity contribution >= 4 is 35.2 Å². The van der Waals surface area contributed by atoms with Crippen LogP contribution in [0, 0.1) is 6.92 Å². The van der Waals surface area contributed by atoms with E-state index in [-0.39, 0.29) is 29.9 Å². The number of anilines is 1. The molecule has 21 heavy (non-hydrogen) atoms. The largest absolute Gasteiger partial charge is 0.468 e. The number of nitrogens with one attached hydrogen (secondary N) is 2. The molecule has 0 unspecified atom stereocenters. The van der Waals surface area contributed by atoms with Crippen molar-refractivity contribution in [3.63, 3.8) is 0 Å². The van der Waals surface area contributed by atoms with Crippen LogP contribution in [0.15, 0.2) is 24.3 Å². The molecule has 0 bridgehead atoms. The number of thioether (sulfide) groups is 1. The van der Waals surface area contributed by atoms with Gasteiger partial charge in [-0.2, -0.15) is 0 Å². The minimum atomic E-state index is -0.509. The molecular formula is C14H18N2O4S. The standard InChI is InChI=1S/C14H18N2O4S/c1-10-4-3-5-11(6-10)16-13(18)9-21-8-12(17)15-7-14(19)20-2/h3-6H,7-9H2,1-2H3,(H,15,17)(H,16,18). The maximum atomic E-state index is 11.7. The van der Waals surface area contributed by atoms with Gasteiger partial charge in [0.1, 0.15) is 6.54 Å². The van der Waals surface area contributed by atoms with Crippen molar-refractivity contribution in [1.82, 2.24) is 5.32 Å². The second-order valence-corrected chi connectivity index (χ2v) is 5.25. The molecule has 0 atom stereocenters. The predicted molar refractivity (Wildman–Crippen MR) is 82.2 cm³/mol. The summed E-state index contributed by atoms with van der Waals surface area (Å²) in [5.41, 5.74) is 1.79. The van der Waals surface area contributed by atoms with Crippen LogP contribution in [0.4, 0.5) is 5.69 Å². The fourth-order valence-electron chi connectivity index (χ4n) is 1.45. The van der Waals surface area contributed by atoms with Crippen molar-refractivity contribution in [2.24, 2.45) is 0 Å². The van der Waals surface area contributed by atoms with E-state index in [2.05, 4.69) is 15.4 Å². The van der Waals surface area contributed by atoms with Crippen molar-refractivity contribution in [1.29, 1.82) is 0 Å². The molecule has 0 radical (unpaired) electrons. The van der Waals surface area contributed by atoms with Crippen LogP contribution in [0.25, 0.3) is 0 Å². The third-order valence-electron chi connectivity index (χ3n) is 2.43. The van der Waals surface area contributed by atoms with E-state index >= 15 is 0 Å².